The van der Waals surface area contributed by atoms with Crippen LogP contribution >= 0.6 is 0 Å². The molecule has 0 aliphatic carbocycles. The Morgan fingerprint density at radius 3 is 2.44 bits per heavy atom. The minimum atomic E-state index is -0.914. The first-order valence-electron chi connectivity index (χ1n) is 7.95. The second kappa shape index (κ2) is 8.32. The number of benzene rings is 1. The van der Waals surface area contributed by atoms with E-state index in [0.29, 0.717) is 17.3 Å². The van der Waals surface area contributed by atoms with Crippen molar-refractivity contribution in [2.75, 3.05) is 12.4 Å². The minimum Gasteiger partial charge on any atom is -0.497 e. The zero-order valence-electron chi connectivity index (χ0n) is 14.7. The van der Waals surface area contributed by atoms with E-state index in [-0.39, 0.29) is 12.3 Å². The lowest BCUT2D eigenvalue weighted by Crippen LogP contribution is -2.37. The molecular weight excluding hydrogens is 324 g/mol. The molecule has 0 radical (unpaired) electrons. The Hall–Kier alpha value is -2.83. The molecule has 1 heterocycles. The van der Waals surface area contributed by atoms with Crippen LogP contribution in [-0.4, -0.2) is 30.2 Å². The second-order valence-corrected chi connectivity index (χ2v) is 5.99. The summed E-state index contributed by atoms with van der Waals surface area (Å²) in [5, 5.41) is 6.29. The highest BCUT2D eigenvalue weighted by Gasteiger charge is 2.27. The largest absolute Gasteiger partial charge is 0.497 e. The zero-order valence-corrected chi connectivity index (χ0v) is 14.7. The van der Waals surface area contributed by atoms with Gasteiger partial charge in [-0.3, -0.25) is 9.59 Å². The van der Waals surface area contributed by atoms with Crippen LogP contribution in [0, 0.1) is 12.8 Å². The van der Waals surface area contributed by atoms with Crippen LogP contribution in [0.5, 0.6) is 5.75 Å². The maximum absolute atomic E-state index is 12.3. The number of hydrogen-bond donors (Lipinski definition) is 1. The van der Waals surface area contributed by atoms with E-state index in [1.807, 2.05) is 0 Å². The van der Waals surface area contributed by atoms with Crippen molar-refractivity contribution < 1.29 is 23.6 Å². The standard InChI is InChI=1S/C18H22N2O5/c1-11(2)17(18(22)19-15-9-12(3)25-20-15)24-16(21)10-13-5-7-14(23-4)8-6-13/h5-9,11,17H,10H2,1-4H3,(H,19,20,22)/t17-/m0/s1. The Labute approximate surface area is 146 Å². The van der Waals surface area contributed by atoms with Gasteiger partial charge in [-0.05, 0) is 30.5 Å². The van der Waals surface area contributed by atoms with Crippen molar-refractivity contribution in [3.63, 3.8) is 0 Å². The highest BCUT2D eigenvalue weighted by molar-refractivity contribution is 5.94. The number of nitrogens with one attached hydrogen (secondary N) is 1. The molecule has 1 amide bonds. The van der Waals surface area contributed by atoms with Crippen molar-refractivity contribution in [2.24, 2.45) is 5.92 Å². The fourth-order valence-corrected chi connectivity index (χ4v) is 2.21. The van der Waals surface area contributed by atoms with Crippen molar-refractivity contribution in [3.05, 3.63) is 41.7 Å². The molecule has 0 aliphatic heterocycles. The van der Waals surface area contributed by atoms with Gasteiger partial charge in [-0.1, -0.05) is 31.1 Å². The number of hydrogen-bond acceptors (Lipinski definition) is 6. The normalized spacial score (nSPS) is 11.9. The topological polar surface area (TPSA) is 90.7 Å². The summed E-state index contributed by atoms with van der Waals surface area (Å²) in [6.07, 6.45) is -0.841. The fourth-order valence-electron chi connectivity index (χ4n) is 2.21. The Balaban J connectivity index is 1.97. The van der Waals surface area contributed by atoms with Crippen molar-refractivity contribution in [2.45, 2.75) is 33.3 Å². The number of methoxy groups -OCH3 is 1. The lowest BCUT2D eigenvalue weighted by atomic mass is 10.1. The number of carbonyl (C=O) groups is 2. The number of carbonyl (C=O) groups excluding carboxylic acids is 2. The van der Waals surface area contributed by atoms with E-state index in [0.717, 1.165) is 5.56 Å². The summed E-state index contributed by atoms with van der Waals surface area (Å²) < 4.78 is 15.4. The molecule has 25 heavy (non-hydrogen) atoms. The molecule has 0 unspecified atom stereocenters. The van der Waals surface area contributed by atoms with Gasteiger partial charge in [-0.15, -0.1) is 0 Å². The highest BCUT2D eigenvalue weighted by atomic mass is 16.5. The van der Waals surface area contributed by atoms with Gasteiger partial charge < -0.3 is 19.3 Å². The molecule has 1 atom stereocenters. The predicted octanol–water partition coefficient (Wildman–Crippen LogP) is 2.74. The summed E-state index contributed by atoms with van der Waals surface area (Å²) in [5.74, 6) is 0.473. The lowest BCUT2D eigenvalue weighted by Gasteiger charge is -2.20. The summed E-state index contributed by atoms with van der Waals surface area (Å²) in [5.41, 5.74) is 0.779. The number of aryl methyl sites for hydroxylation is 1. The van der Waals surface area contributed by atoms with Crippen molar-refractivity contribution >= 4 is 17.7 Å². The molecule has 1 aromatic heterocycles. The minimum absolute atomic E-state index is 0.0730. The monoisotopic (exact) mass is 346 g/mol. The summed E-state index contributed by atoms with van der Waals surface area (Å²) in [6, 6.07) is 8.68. The van der Waals surface area contributed by atoms with Gasteiger partial charge in [-0.2, -0.15) is 0 Å². The zero-order chi connectivity index (χ0) is 18.4. The molecule has 0 aliphatic rings. The van der Waals surface area contributed by atoms with Crippen molar-refractivity contribution in [1.29, 1.82) is 0 Å². The predicted molar refractivity (Wildman–Crippen MR) is 91.3 cm³/mol. The average molecular weight is 346 g/mol. The number of ether oxygens (including phenoxy) is 2. The van der Waals surface area contributed by atoms with Crippen molar-refractivity contribution in [1.82, 2.24) is 5.16 Å². The molecule has 0 saturated carbocycles. The van der Waals surface area contributed by atoms with Gasteiger partial charge in [0.25, 0.3) is 5.91 Å². The van der Waals surface area contributed by atoms with E-state index in [4.69, 9.17) is 14.0 Å². The van der Waals surface area contributed by atoms with Crippen LogP contribution in [0.15, 0.2) is 34.9 Å². The number of rotatable bonds is 7. The number of esters is 1. The summed E-state index contributed by atoms with van der Waals surface area (Å²) in [7, 11) is 1.57. The van der Waals surface area contributed by atoms with Gasteiger partial charge in [0.15, 0.2) is 11.9 Å². The Kier molecular flexibility index (Phi) is 6.16. The first-order chi connectivity index (χ1) is 11.9. The van der Waals surface area contributed by atoms with E-state index >= 15 is 0 Å². The number of nitrogens with zero attached hydrogens (tertiary/aromatic N) is 1. The maximum atomic E-state index is 12.3. The molecule has 1 N–H and O–H groups in total. The molecule has 7 nitrogen and oxygen atoms in total. The van der Waals surface area contributed by atoms with Gasteiger partial charge in [0.1, 0.15) is 11.5 Å². The third-order valence-electron chi connectivity index (χ3n) is 3.51. The van der Waals surface area contributed by atoms with Crippen LogP contribution < -0.4 is 10.1 Å². The third kappa shape index (κ3) is 5.34. The van der Waals surface area contributed by atoms with Gasteiger partial charge in [0, 0.05) is 6.07 Å². The van der Waals surface area contributed by atoms with Crippen LogP contribution in [0.4, 0.5) is 5.82 Å². The van der Waals surface area contributed by atoms with E-state index in [9.17, 15) is 9.59 Å². The molecule has 134 valence electrons. The average Bonchev–Trinajstić information content (AvgIpc) is 2.97. The van der Waals surface area contributed by atoms with Gasteiger partial charge in [-0.25, -0.2) is 0 Å². The Bertz CT molecular complexity index is 721. The summed E-state index contributed by atoms with van der Waals surface area (Å²) in [4.78, 5) is 24.5. The lowest BCUT2D eigenvalue weighted by molar-refractivity contribution is -0.156. The first-order valence-corrected chi connectivity index (χ1v) is 7.95. The van der Waals surface area contributed by atoms with E-state index in [1.165, 1.54) is 0 Å². The number of aromatic nitrogens is 1. The summed E-state index contributed by atoms with van der Waals surface area (Å²) in [6.45, 7) is 5.33. The SMILES string of the molecule is COc1ccc(CC(=O)O[C@H](C(=O)Nc2cc(C)on2)C(C)C)cc1. The molecule has 2 rings (SSSR count). The quantitative estimate of drug-likeness (QED) is 0.775. The molecule has 0 spiro atoms. The van der Waals surface area contributed by atoms with E-state index < -0.39 is 18.0 Å². The molecule has 2 aromatic rings. The molecular formula is C18H22N2O5. The van der Waals surface area contributed by atoms with Crippen molar-refractivity contribution in [3.8, 4) is 5.75 Å². The number of anilines is 1. The maximum Gasteiger partial charge on any atom is 0.311 e. The fraction of sp³-hybridized carbons (Fsp3) is 0.389. The highest BCUT2D eigenvalue weighted by Crippen LogP contribution is 2.15. The Morgan fingerprint density at radius 1 is 1.24 bits per heavy atom. The van der Waals surface area contributed by atoms with Crippen LogP contribution in [-0.2, 0) is 20.7 Å². The van der Waals surface area contributed by atoms with E-state index in [2.05, 4.69) is 10.5 Å². The van der Waals surface area contributed by atoms with Gasteiger partial charge in [0.05, 0.1) is 13.5 Å². The van der Waals surface area contributed by atoms with Crippen LogP contribution in [0.25, 0.3) is 0 Å². The third-order valence-corrected chi connectivity index (χ3v) is 3.51. The van der Waals surface area contributed by atoms with Crippen LogP contribution in [0.3, 0.4) is 0 Å². The first kappa shape index (κ1) is 18.5. The van der Waals surface area contributed by atoms with Crippen LogP contribution in [0.1, 0.15) is 25.2 Å². The molecule has 1 aromatic carbocycles. The second-order valence-electron chi connectivity index (χ2n) is 5.99. The number of amides is 1. The van der Waals surface area contributed by atoms with E-state index in [1.54, 1.807) is 58.2 Å². The smallest absolute Gasteiger partial charge is 0.311 e. The summed E-state index contributed by atoms with van der Waals surface area (Å²) >= 11 is 0. The Morgan fingerprint density at radius 2 is 1.92 bits per heavy atom. The van der Waals surface area contributed by atoms with Gasteiger partial charge in [0.2, 0.25) is 0 Å². The van der Waals surface area contributed by atoms with Crippen LogP contribution in [0.2, 0.25) is 0 Å². The molecule has 0 saturated heterocycles. The van der Waals surface area contributed by atoms with Gasteiger partial charge >= 0.3 is 5.97 Å². The molecule has 0 fully saturated rings. The molecule has 7 heteroatoms. The molecule has 0 bridgehead atoms.